The van der Waals surface area contributed by atoms with Crippen LogP contribution in [0.25, 0.3) is 0 Å². The number of rotatable bonds is 3. The molecule has 3 atom stereocenters. The molecule has 0 aliphatic carbocycles. The Morgan fingerprint density at radius 3 is 2.65 bits per heavy atom. The van der Waals surface area contributed by atoms with Gasteiger partial charge in [-0.2, -0.15) is 0 Å². The van der Waals surface area contributed by atoms with Gasteiger partial charge in [-0.1, -0.05) is 13.8 Å². The standard InChI is InChI=1S/C12H22N2O3/c1-8-4-5-14(10(3)6-8)12(17)13-7-9(2)11(15)16/h8-10H,4-7H2,1-3H3,(H,13,17)(H,15,16). The van der Waals surface area contributed by atoms with Gasteiger partial charge in [0, 0.05) is 19.1 Å². The SMILES string of the molecule is CC1CCN(C(=O)NCC(C)C(=O)O)C(C)C1. The number of likely N-dealkylation sites (tertiary alicyclic amines) is 1. The lowest BCUT2D eigenvalue weighted by Crippen LogP contribution is -2.50. The van der Waals surface area contributed by atoms with Gasteiger partial charge in [0.05, 0.1) is 5.92 Å². The van der Waals surface area contributed by atoms with E-state index in [1.54, 1.807) is 11.8 Å². The molecule has 1 aliphatic rings. The van der Waals surface area contributed by atoms with Gasteiger partial charge in [-0.15, -0.1) is 0 Å². The van der Waals surface area contributed by atoms with Crippen molar-refractivity contribution in [2.75, 3.05) is 13.1 Å². The maximum Gasteiger partial charge on any atom is 0.317 e. The second-order valence-electron chi connectivity index (χ2n) is 5.10. The topological polar surface area (TPSA) is 69.6 Å². The minimum absolute atomic E-state index is 0.141. The number of carbonyl (C=O) groups excluding carboxylic acids is 1. The third-order valence-electron chi connectivity index (χ3n) is 3.38. The Labute approximate surface area is 102 Å². The van der Waals surface area contributed by atoms with Crippen molar-refractivity contribution in [2.45, 2.75) is 39.7 Å². The number of aliphatic carboxylic acids is 1. The highest BCUT2D eigenvalue weighted by molar-refractivity contribution is 5.76. The molecule has 1 saturated heterocycles. The van der Waals surface area contributed by atoms with Crippen molar-refractivity contribution in [1.29, 1.82) is 0 Å². The number of hydrogen-bond donors (Lipinski definition) is 2. The quantitative estimate of drug-likeness (QED) is 0.788. The summed E-state index contributed by atoms with van der Waals surface area (Å²) in [6.07, 6.45) is 2.04. The van der Waals surface area contributed by atoms with Crippen LogP contribution < -0.4 is 5.32 Å². The van der Waals surface area contributed by atoms with Crippen molar-refractivity contribution < 1.29 is 14.7 Å². The highest BCUT2D eigenvalue weighted by Crippen LogP contribution is 2.21. The molecule has 1 fully saturated rings. The summed E-state index contributed by atoms with van der Waals surface area (Å²) in [5, 5.41) is 11.4. The highest BCUT2D eigenvalue weighted by atomic mass is 16.4. The van der Waals surface area contributed by atoms with Crippen LogP contribution in [0, 0.1) is 11.8 Å². The number of urea groups is 1. The second-order valence-corrected chi connectivity index (χ2v) is 5.10. The molecule has 5 nitrogen and oxygen atoms in total. The van der Waals surface area contributed by atoms with Crippen molar-refractivity contribution in [3.8, 4) is 0 Å². The van der Waals surface area contributed by atoms with Crippen molar-refractivity contribution >= 4 is 12.0 Å². The Balaban J connectivity index is 2.40. The molecule has 2 amide bonds. The number of carbonyl (C=O) groups is 2. The number of carboxylic acid groups (broad SMARTS) is 1. The van der Waals surface area contributed by atoms with Gasteiger partial charge in [-0.05, 0) is 25.7 Å². The van der Waals surface area contributed by atoms with Gasteiger partial charge in [0.25, 0.3) is 0 Å². The Bertz CT molecular complexity index is 293. The molecule has 2 N–H and O–H groups in total. The summed E-state index contributed by atoms with van der Waals surface area (Å²) in [5.74, 6) is -0.768. The zero-order valence-corrected chi connectivity index (χ0v) is 10.8. The minimum Gasteiger partial charge on any atom is -0.481 e. The normalized spacial score (nSPS) is 26.4. The monoisotopic (exact) mass is 242 g/mol. The number of piperidine rings is 1. The molecule has 0 saturated carbocycles. The maximum atomic E-state index is 11.9. The van der Waals surface area contributed by atoms with Crippen molar-refractivity contribution in [3.63, 3.8) is 0 Å². The smallest absolute Gasteiger partial charge is 0.317 e. The number of hydrogen-bond acceptors (Lipinski definition) is 2. The van der Waals surface area contributed by atoms with E-state index in [-0.39, 0.29) is 18.6 Å². The molecule has 1 heterocycles. The molecule has 0 radical (unpaired) electrons. The van der Waals surface area contributed by atoms with Crippen LogP contribution in [0.2, 0.25) is 0 Å². The summed E-state index contributed by atoms with van der Waals surface area (Å²) in [7, 11) is 0. The fourth-order valence-electron chi connectivity index (χ4n) is 2.14. The second kappa shape index (κ2) is 5.89. The first-order valence-electron chi connectivity index (χ1n) is 6.19. The average Bonchev–Trinajstić information content (AvgIpc) is 2.25. The molecule has 0 bridgehead atoms. The summed E-state index contributed by atoms with van der Waals surface area (Å²) in [6.45, 7) is 6.76. The average molecular weight is 242 g/mol. The zero-order valence-electron chi connectivity index (χ0n) is 10.8. The predicted octanol–water partition coefficient (Wildman–Crippen LogP) is 1.54. The summed E-state index contributed by atoms with van der Waals surface area (Å²) in [4.78, 5) is 24.3. The van der Waals surface area contributed by atoms with Gasteiger partial charge in [0.1, 0.15) is 0 Å². The lowest BCUT2D eigenvalue weighted by atomic mass is 9.94. The largest absolute Gasteiger partial charge is 0.481 e. The van der Waals surface area contributed by atoms with E-state index in [1.807, 2.05) is 6.92 Å². The van der Waals surface area contributed by atoms with Gasteiger partial charge in [0.15, 0.2) is 0 Å². The molecule has 0 aromatic carbocycles. The first-order valence-corrected chi connectivity index (χ1v) is 6.19. The Morgan fingerprint density at radius 1 is 1.47 bits per heavy atom. The molecule has 1 aliphatic heterocycles. The molecular weight excluding hydrogens is 220 g/mol. The third kappa shape index (κ3) is 3.91. The van der Waals surface area contributed by atoms with E-state index in [4.69, 9.17) is 5.11 Å². The lowest BCUT2D eigenvalue weighted by molar-refractivity contribution is -0.140. The van der Waals surface area contributed by atoms with Crippen LogP contribution in [-0.2, 0) is 4.79 Å². The third-order valence-corrected chi connectivity index (χ3v) is 3.38. The summed E-state index contributed by atoms with van der Waals surface area (Å²) >= 11 is 0. The molecule has 5 heteroatoms. The van der Waals surface area contributed by atoms with Crippen LogP contribution in [0.3, 0.4) is 0 Å². The van der Waals surface area contributed by atoms with Crippen LogP contribution in [0.4, 0.5) is 4.79 Å². The molecule has 0 aromatic rings. The lowest BCUT2D eigenvalue weighted by Gasteiger charge is -2.36. The van der Waals surface area contributed by atoms with E-state index < -0.39 is 11.9 Å². The van der Waals surface area contributed by atoms with Gasteiger partial charge in [0.2, 0.25) is 0 Å². The number of nitrogens with zero attached hydrogens (tertiary/aromatic N) is 1. The Morgan fingerprint density at radius 2 is 2.12 bits per heavy atom. The van der Waals surface area contributed by atoms with Crippen molar-refractivity contribution in [3.05, 3.63) is 0 Å². The van der Waals surface area contributed by atoms with Gasteiger partial charge in [-0.25, -0.2) is 4.79 Å². The van der Waals surface area contributed by atoms with E-state index in [0.717, 1.165) is 19.4 Å². The summed E-state index contributed by atoms with van der Waals surface area (Å²) < 4.78 is 0. The van der Waals surface area contributed by atoms with Crippen LogP contribution >= 0.6 is 0 Å². The van der Waals surface area contributed by atoms with Crippen molar-refractivity contribution in [1.82, 2.24) is 10.2 Å². The fourth-order valence-corrected chi connectivity index (χ4v) is 2.14. The molecule has 98 valence electrons. The molecule has 3 unspecified atom stereocenters. The first-order chi connectivity index (χ1) is 7.91. The molecule has 17 heavy (non-hydrogen) atoms. The molecular formula is C12H22N2O3. The van der Waals surface area contributed by atoms with Crippen LogP contribution in [0.5, 0.6) is 0 Å². The molecule has 1 rings (SSSR count). The summed E-state index contributed by atoms with van der Waals surface area (Å²) in [6, 6.07) is 0.0939. The summed E-state index contributed by atoms with van der Waals surface area (Å²) in [5.41, 5.74) is 0. The first kappa shape index (κ1) is 13.8. The molecule has 0 spiro atoms. The van der Waals surface area contributed by atoms with Crippen LogP contribution in [-0.4, -0.2) is 41.1 Å². The zero-order chi connectivity index (χ0) is 13.0. The van der Waals surface area contributed by atoms with E-state index in [0.29, 0.717) is 5.92 Å². The predicted molar refractivity (Wildman–Crippen MR) is 64.8 cm³/mol. The highest BCUT2D eigenvalue weighted by Gasteiger charge is 2.26. The van der Waals surface area contributed by atoms with Gasteiger partial charge in [-0.3, -0.25) is 4.79 Å². The van der Waals surface area contributed by atoms with Gasteiger partial charge < -0.3 is 15.3 Å². The van der Waals surface area contributed by atoms with E-state index >= 15 is 0 Å². The molecule has 0 aromatic heterocycles. The van der Waals surface area contributed by atoms with E-state index in [9.17, 15) is 9.59 Å². The number of carboxylic acids is 1. The van der Waals surface area contributed by atoms with Gasteiger partial charge >= 0.3 is 12.0 Å². The van der Waals surface area contributed by atoms with Crippen LogP contribution in [0.1, 0.15) is 33.6 Å². The Kier molecular flexibility index (Phi) is 4.78. The number of nitrogens with one attached hydrogen (secondary N) is 1. The van der Waals surface area contributed by atoms with Crippen molar-refractivity contribution in [2.24, 2.45) is 11.8 Å². The van der Waals surface area contributed by atoms with E-state index in [2.05, 4.69) is 12.2 Å². The van der Waals surface area contributed by atoms with Crippen LogP contribution in [0.15, 0.2) is 0 Å². The Hall–Kier alpha value is -1.26. The van der Waals surface area contributed by atoms with E-state index in [1.165, 1.54) is 0 Å². The fraction of sp³-hybridized carbons (Fsp3) is 0.833. The minimum atomic E-state index is -0.884. The maximum absolute atomic E-state index is 11.9. The number of amides is 2.